The molecule has 0 N–H and O–H groups in total. The van der Waals surface area contributed by atoms with Crippen molar-refractivity contribution < 1.29 is 8.22 Å². The van der Waals surface area contributed by atoms with Crippen LogP contribution in [-0.4, -0.2) is 15.0 Å². The Hall–Kier alpha value is -6.45. The van der Waals surface area contributed by atoms with E-state index < -0.39 is 13.7 Å². The number of nitrogens with zero attached hydrogens (tertiary/aromatic N) is 3. The number of aryl methyl sites for hydroxylation is 2. The highest BCUT2D eigenvalue weighted by Gasteiger charge is 2.20. The van der Waals surface area contributed by atoms with E-state index in [2.05, 4.69) is 97.1 Å². The highest BCUT2D eigenvalue weighted by Crippen LogP contribution is 2.46. The fourth-order valence-electron chi connectivity index (χ4n) is 7.04. The monoisotopic (exact) mass is 645 g/mol. The minimum atomic E-state index is -2.25. The van der Waals surface area contributed by atoms with Gasteiger partial charge in [0.2, 0.25) is 0 Å². The van der Waals surface area contributed by atoms with Gasteiger partial charge < -0.3 is 0 Å². The van der Waals surface area contributed by atoms with Crippen molar-refractivity contribution in [3.05, 3.63) is 175 Å². The molecule has 3 nitrogen and oxygen atoms in total. The van der Waals surface area contributed by atoms with E-state index in [4.69, 9.17) is 23.2 Å². The Morgan fingerprint density at radius 2 is 0.720 bits per heavy atom. The smallest absolute Gasteiger partial charge is 0.164 e. The van der Waals surface area contributed by atoms with Gasteiger partial charge in [0, 0.05) is 24.9 Å². The van der Waals surface area contributed by atoms with E-state index in [0.717, 1.165) is 43.8 Å². The average Bonchev–Trinajstić information content (AvgIpc) is 3.22. The van der Waals surface area contributed by atoms with Crippen LogP contribution in [0.25, 0.3) is 88.7 Å². The number of aromatic nitrogens is 3. The summed E-state index contributed by atoms with van der Waals surface area (Å²) in [4.78, 5) is 14.8. The van der Waals surface area contributed by atoms with Crippen molar-refractivity contribution in [3.63, 3.8) is 0 Å². The van der Waals surface area contributed by atoms with Crippen molar-refractivity contribution >= 4 is 32.3 Å². The molecule has 8 aromatic carbocycles. The molecule has 9 rings (SSSR count). The van der Waals surface area contributed by atoms with Crippen molar-refractivity contribution in [1.82, 2.24) is 15.0 Å². The van der Waals surface area contributed by atoms with Gasteiger partial charge in [0.05, 0.1) is 0 Å². The molecule has 1 heterocycles. The molecule has 50 heavy (non-hydrogen) atoms. The standard InChI is InChI=1S/C47H33N3/c1-30-20-24-33(25-21-30)45-48-46(34-26-22-31(2)23-27-34)50-47(49-45)42-29-28-41(35-14-6-7-15-36(35)42)44-39-18-10-8-16-37(39)43(32-12-4-3-5-13-32)38-17-9-11-19-40(38)44/h3-29H,1-2H3/i1D3,2D3. The maximum Gasteiger partial charge on any atom is 0.164 e. The third-order valence-electron chi connectivity index (χ3n) is 9.35. The third kappa shape index (κ3) is 5.12. The summed E-state index contributed by atoms with van der Waals surface area (Å²) in [6, 6.07) is 53.3. The second kappa shape index (κ2) is 12.2. The van der Waals surface area contributed by atoms with Crippen LogP contribution < -0.4 is 0 Å². The van der Waals surface area contributed by atoms with Crippen molar-refractivity contribution in [2.45, 2.75) is 13.7 Å². The number of benzene rings is 8. The maximum atomic E-state index is 7.85. The van der Waals surface area contributed by atoms with Gasteiger partial charge in [0.25, 0.3) is 0 Å². The molecule has 0 spiro atoms. The van der Waals surface area contributed by atoms with Gasteiger partial charge in [0.1, 0.15) is 0 Å². The molecule has 3 heteroatoms. The topological polar surface area (TPSA) is 38.7 Å². The van der Waals surface area contributed by atoms with E-state index in [0.29, 0.717) is 28.6 Å². The van der Waals surface area contributed by atoms with Crippen LogP contribution in [0.2, 0.25) is 0 Å². The fraction of sp³-hybridized carbons (Fsp3) is 0.0426. The van der Waals surface area contributed by atoms with E-state index in [1.807, 2.05) is 18.2 Å². The Balaban J connectivity index is 1.27. The SMILES string of the molecule is [2H]C([2H])([2H])c1ccc(-c2nc(-c3ccc(C([2H])([2H])[2H])cc3)nc(-c3ccc(-c4c5ccccc5c(-c5ccccc5)c5ccccc45)c4ccccc34)n2)cc1. The Kier molecular flexibility index (Phi) is 5.82. The molecule has 0 aliphatic carbocycles. The Morgan fingerprint density at radius 3 is 1.22 bits per heavy atom. The van der Waals surface area contributed by atoms with Crippen LogP contribution in [0.1, 0.15) is 19.4 Å². The minimum Gasteiger partial charge on any atom is -0.208 e. The molecule has 0 amide bonds. The van der Waals surface area contributed by atoms with Gasteiger partial charge in [0.15, 0.2) is 17.5 Å². The first-order valence-electron chi connectivity index (χ1n) is 19.5. The molecule has 0 saturated heterocycles. The van der Waals surface area contributed by atoms with Crippen molar-refractivity contribution in [2.24, 2.45) is 0 Å². The van der Waals surface area contributed by atoms with Crippen molar-refractivity contribution in [3.8, 4) is 56.4 Å². The lowest BCUT2D eigenvalue weighted by Gasteiger charge is -2.19. The molecule has 0 saturated carbocycles. The predicted octanol–water partition coefficient (Wildman–Crippen LogP) is 12.3. The van der Waals surface area contributed by atoms with E-state index in [-0.39, 0.29) is 11.1 Å². The van der Waals surface area contributed by atoms with E-state index in [9.17, 15) is 0 Å². The fourth-order valence-corrected chi connectivity index (χ4v) is 7.04. The van der Waals surface area contributed by atoms with Crippen LogP contribution in [0.5, 0.6) is 0 Å². The highest BCUT2D eigenvalue weighted by atomic mass is 15.0. The van der Waals surface area contributed by atoms with E-state index in [1.54, 1.807) is 48.5 Å². The lowest BCUT2D eigenvalue weighted by Crippen LogP contribution is -2.01. The first-order valence-corrected chi connectivity index (χ1v) is 16.5. The van der Waals surface area contributed by atoms with Crippen LogP contribution in [0.4, 0.5) is 0 Å². The van der Waals surface area contributed by atoms with Crippen molar-refractivity contribution in [1.29, 1.82) is 0 Å². The molecular formula is C47H33N3. The van der Waals surface area contributed by atoms with Gasteiger partial charge >= 0.3 is 0 Å². The molecule has 0 unspecified atom stereocenters. The van der Waals surface area contributed by atoms with Gasteiger partial charge in [-0.15, -0.1) is 0 Å². The van der Waals surface area contributed by atoms with Gasteiger partial charge in [-0.25, -0.2) is 15.0 Å². The largest absolute Gasteiger partial charge is 0.208 e. The lowest BCUT2D eigenvalue weighted by molar-refractivity contribution is 1.08. The first kappa shape index (κ1) is 23.8. The predicted molar refractivity (Wildman–Crippen MR) is 209 cm³/mol. The summed E-state index contributed by atoms with van der Waals surface area (Å²) < 4.78 is 47.1. The van der Waals surface area contributed by atoms with Gasteiger partial charge in [-0.3, -0.25) is 0 Å². The summed E-state index contributed by atoms with van der Waals surface area (Å²) in [5.41, 5.74) is 7.05. The van der Waals surface area contributed by atoms with Crippen LogP contribution in [0.15, 0.2) is 164 Å². The molecule has 0 aliphatic rings. The van der Waals surface area contributed by atoms with E-state index >= 15 is 0 Å². The van der Waals surface area contributed by atoms with Gasteiger partial charge in [-0.1, -0.05) is 169 Å². The van der Waals surface area contributed by atoms with Crippen LogP contribution in [0.3, 0.4) is 0 Å². The van der Waals surface area contributed by atoms with Crippen LogP contribution in [-0.2, 0) is 0 Å². The second-order valence-electron chi connectivity index (χ2n) is 12.4. The molecule has 9 aromatic rings. The number of hydrogen-bond acceptors (Lipinski definition) is 3. The summed E-state index contributed by atoms with van der Waals surface area (Å²) in [6.45, 7) is -4.50. The summed E-state index contributed by atoms with van der Waals surface area (Å²) in [5, 5.41) is 6.61. The normalized spacial score (nSPS) is 13.7. The Morgan fingerprint density at radius 1 is 0.320 bits per heavy atom. The molecule has 1 aromatic heterocycles. The van der Waals surface area contributed by atoms with Crippen molar-refractivity contribution in [2.75, 3.05) is 0 Å². The first-order chi connectivity index (χ1) is 27.0. The van der Waals surface area contributed by atoms with Crippen LogP contribution >= 0.6 is 0 Å². The summed E-state index contributed by atoms with van der Waals surface area (Å²) >= 11 is 0. The summed E-state index contributed by atoms with van der Waals surface area (Å²) in [5.74, 6) is 1.16. The summed E-state index contributed by atoms with van der Waals surface area (Å²) in [6.07, 6.45) is 0. The van der Waals surface area contributed by atoms with Crippen LogP contribution in [0, 0.1) is 13.7 Å². The molecule has 0 aliphatic heterocycles. The lowest BCUT2D eigenvalue weighted by atomic mass is 9.84. The van der Waals surface area contributed by atoms with Gasteiger partial charge in [-0.2, -0.15) is 0 Å². The van der Waals surface area contributed by atoms with E-state index in [1.165, 1.54) is 16.3 Å². The average molecular weight is 646 g/mol. The molecule has 0 atom stereocenters. The molecule has 236 valence electrons. The zero-order chi connectivity index (χ0) is 38.6. The zero-order valence-corrected chi connectivity index (χ0v) is 26.9. The maximum absolute atomic E-state index is 7.85. The highest BCUT2D eigenvalue weighted by molar-refractivity contribution is 6.24. The third-order valence-corrected chi connectivity index (χ3v) is 9.35. The summed E-state index contributed by atoms with van der Waals surface area (Å²) in [7, 11) is 0. The zero-order valence-electron chi connectivity index (χ0n) is 32.9. The Bertz CT molecular complexity index is 2790. The number of hydrogen-bond donors (Lipinski definition) is 0. The minimum absolute atomic E-state index is 0.217. The quantitative estimate of drug-likeness (QED) is 0.175. The molecular weight excluding hydrogens is 607 g/mol. The second-order valence-corrected chi connectivity index (χ2v) is 12.4. The Labute approximate surface area is 300 Å². The number of fused-ring (bicyclic) bond motifs is 3. The molecule has 0 bridgehead atoms. The van der Waals surface area contributed by atoms with Gasteiger partial charge in [-0.05, 0) is 74.3 Å². The molecule has 0 radical (unpaired) electrons. The number of rotatable bonds is 5. The molecule has 0 fully saturated rings.